The van der Waals surface area contributed by atoms with Crippen molar-refractivity contribution in [2.24, 2.45) is 5.73 Å². The van der Waals surface area contributed by atoms with E-state index in [9.17, 15) is 13.6 Å². The number of carbonyl (C=O) groups excluding carboxylic acids is 1. The summed E-state index contributed by atoms with van der Waals surface area (Å²) in [4.78, 5) is 17.1. The van der Waals surface area contributed by atoms with Crippen LogP contribution in [0.25, 0.3) is 10.8 Å². The number of fused-ring (bicyclic) bond motifs is 1. The number of nitrogens with zero attached hydrogens (tertiary/aromatic N) is 1. The highest BCUT2D eigenvalue weighted by Crippen LogP contribution is 2.34. The molecular weight excluding hydrogens is 342 g/mol. The molecule has 134 valence electrons. The Labute approximate surface area is 148 Å². The van der Waals surface area contributed by atoms with Crippen molar-refractivity contribution in [1.82, 2.24) is 4.98 Å². The molecule has 26 heavy (non-hydrogen) atoms. The molecule has 0 aliphatic heterocycles. The normalized spacial score (nSPS) is 10.8. The van der Waals surface area contributed by atoms with Gasteiger partial charge in [0.2, 0.25) is 5.78 Å². The Bertz CT molecular complexity index is 985. The van der Waals surface area contributed by atoms with Gasteiger partial charge in [-0.05, 0) is 35.7 Å². The molecule has 0 fully saturated rings. The Morgan fingerprint density at radius 1 is 1.08 bits per heavy atom. The molecule has 2 aromatic carbocycles. The number of rotatable bonds is 5. The largest absolute Gasteiger partial charge is 0.493 e. The quantitative estimate of drug-likeness (QED) is 0.709. The van der Waals surface area contributed by atoms with Crippen molar-refractivity contribution in [3.05, 3.63) is 65.0 Å². The van der Waals surface area contributed by atoms with Gasteiger partial charge in [0.05, 0.1) is 25.5 Å². The summed E-state index contributed by atoms with van der Waals surface area (Å²) in [6.45, 7) is 0.0598. The summed E-state index contributed by atoms with van der Waals surface area (Å²) < 4.78 is 38.7. The Morgan fingerprint density at radius 3 is 2.27 bits per heavy atom. The molecule has 0 amide bonds. The second-order valence-corrected chi connectivity index (χ2v) is 5.52. The molecule has 0 unspecified atom stereocenters. The second-order valence-electron chi connectivity index (χ2n) is 5.52. The standard InChI is InChI=1S/C19H16F2N2O3/c1-25-15-7-10-6-11(9-22)23-18(12(10)8-16(15)26-2)19(24)17-13(20)4-3-5-14(17)21/h3-8H,9,22H2,1-2H3. The SMILES string of the molecule is COc1cc2cc(CN)nc(C(=O)c3c(F)cccc3F)c2cc1OC. The zero-order chi connectivity index (χ0) is 18.8. The maximum Gasteiger partial charge on any atom is 0.217 e. The van der Waals surface area contributed by atoms with Gasteiger partial charge in [0.25, 0.3) is 0 Å². The van der Waals surface area contributed by atoms with Crippen LogP contribution in [0.1, 0.15) is 21.7 Å². The van der Waals surface area contributed by atoms with Gasteiger partial charge in [-0.2, -0.15) is 0 Å². The van der Waals surface area contributed by atoms with Crippen molar-refractivity contribution in [3.63, 3.8) is 0 Å². The van der Waals surface area contributed by atoms with E-state index in [-0.39, 0.29) is 12.2 Å². The number of hydrogen-bond donors (Lipinski definition) is 1. The van der Waals surface area contributed by atoms with Gasteiger partial charge in [0.15, 0.2) is 11.5 Å². The van der Waals surface area contributed by atoms with Crippen LogP contribution in [0.2, 0.25) is 0 Å². The molecule has 3 rings (SSSR count). The van der Waals surface area contributed by atoms with E-state index in [2.05, 4.69) is 4.98 Å². The predicted octanol–water partition coefficient (Wildman–Crippen LogP) is 3.22. The van der Waals surface area contributed by atoms with Gasteiger partial charge in [-0.1, -0.05) is 6.07 Å². The number of nitrogens with two attached hydrogens (primary N) is 1. The summed E-state index contributed by atoms with van der Waals surface area (Å²) in [5.74, 6) is -1.96. The fraction of sp³-hybridized carbons (Fsp3) is 0.158. The Morgan fingerprint density at radius 2 is 1.69 bits per heavy atom. The summed E-state index contributed by atoms with van der Waals surface area (Å²) in [5.41, 5.74) is 5.30. The molecule has 0 bridgehead atoms. The average molecular weight is 358 g/mol. The van der Waals surface area contributed by atoms with E-state index in [1.54, 1.807) is 18.2 Å². The highest BCUT2D eigenvalue weighted by atomic mass is 19.1. The number of halogens is 2. The monoisotopic (exact) mass is 358 g/mol. The van der Waals surface area contributed by atoms with Crippen molar-refractivity contribution in [1.29, 1.82) is 0 Å². The van der Waals surface area contributed by atoms with E-state index in [1.165, 1.54) is 20.3 Å². The number of ether oxygens (including phenoxy) is 2. The highest BCUT2D eigenvalue weighted by molar-refractivity contribution is 6.15. The zero-order valence-corrected chi connectivity index (χ0v) is 14.2. The minimum absolute atomic E-state index is 0.0598. The van der Waals surface area contributed by atoms with E-state index >= 15 is 0 Å². The molecule has 0 aliphatic carbocycles. The van der Waals surface area contributed by atoms with Crippen LogP contribution in [0.15, 0.2) is 36.4 Å². The first-order chi connectivity index (χ1) is 12.5. The number of aromatic nitrogens is 1. The fourth-order valence-electron chi connectivity index (χ4n) is 2.75. The molecule has 1 aromatic heterocycles. The summed E-state index contributed by atoms with van der Waals surface area (Å²) in [6.07, 6.45) is 0. The van der Waals surface area contributed by atoms with E-state index in [1.807, 2.05) is 0 Å². The lowest BCUT2D eigenvalue weighted by atomic mass is 10.00. The lowest BCUT2D eigenvalue weighted by molar-refractivity contribution is 0.102. The van der Waals surface area contributed by atoms with E-state index in [0.29, 0.717) is 28.0 Å². The second kappa shape index (κ2) is 7.05. The van der Waals surface area contributed by atoms with Crippen molar-refractivity contribution in [2.45, 2.75) is 6.54 Å². The van der Waals surface area contributed by atoms with Crippen molar-refractivity contribution in [3.8, 4) is 11.5 Å². The minimum atomic E-state index is -0.955. The van der Waals surface area contributed by atoms with Crippen LogP contribution >= 0.6 is 0 Å². The van der Waals surface area contributed by atoms with Crippen LogP contribution in [0.5, 0.6) is 11.5 Å². The minimum Gasteiger partial charge on any atom is -0.493 e. The van der Waals surface area contributed by atoms with Crippen LogP contribution in [0, 0.1) is 11.6 Å². The third-order valence-electron chi connectivity index (χ3n) is 4.00. The number of carbonyl (C=O) groups is 1. The Balaban J connectivity index is 2.32. The smallest absolute Gasteiger partial charge is 0.217 e. The molecule has 0 saturated heterocycles. The maximum atomic E-state index is 14.1. The van der Waals surface area contributed by atoms with Crippen LogP contribution in [-0.4, -0.2) is 25.0 Å². The first-order valence-corrected chi connectivity index (χ1v) is 7.74. The predicted molar refractivity (Wildman–Crippen MR) is 92.5 cm³/mol. The zero-order valence-electron chi connectivity index (χ0n) is 14.2. The van der Waals surface area contributed by atoms with Gasteiger partial charge in [-0.25, -0.2) is 13.8 Å². The lowest BCUT2D eigenvalue weighted by Crippen LogP contribution is -2.12. The molecule has 0 saturated carbocycles. The van der Waals surface area contributed by atoms with Gasteiger partial charge in [-0.3, -0.25) is 4.79 Å². The number of hydrogen-bond acceptors (Lipinski definition) is 5. The summed E-state index contributed by atoms with van der Waals surface area (Å²) in [6, 6.07) is 8.13. The van der Waals surface area contributed by atoms with Gasteiger partial charge in [0, 0.05) is 11.9 Å². The fourth-order valence-corrected chi connectivity index (χ4v) is 2.75. The van der Waals surface area contributed by atoms with Gasteiger partial charge >= 0.3 is 0 Å². The molecule has 2 N–H and O–H groups in total. The lowest BCUT2D eigenvalue weighted by Gasteiger charge is -2.13. The molecule has 0 aliphatic rings. The van der Waals surface area contributed by atoms with E-state index in [4.69, 9.17) is 15.2 Å². The van der Waals surface area contributed by atoms with Crippen LogP contribution in [0.4, 0.5) is 8.78 Å². The number of pyridine rings is 1. The number of benzene rings is 2. The first-order valence-electron chi connectivity index (χ1n) is 7.74. The van der Waals surface area contributed by atoms with Crippen LogP contribution in [-0.2, 0) is 6.54 Å². The summed E-state index contributed by atoms with van der Waals surface area (Å²) in [5, 5.41) is 0.978. The number of ketones is 1. The molecular formula is C19H16F2N2O3. The van der Waals surface area contributed by atoms with Crippen LogP contribution < -0.4 is 15.2 Å². The van der Waals surface area contributed by atoms with E-state index < -0.39 is 23.0 Å². The van der Waals surface area contributed by atoms with Gasteiger partial charge < -0.3 is 15.2 Å². The van der Waals surface area contributed by atoms with Crippen molar-refractivity contribution < 1.29 is 23.0 Å². The third-order valence-corrected chi connectivity index (χ3v) is 4.00. The average Bonchev–Trinajstić information content (AvgIpc) is 2.65. The molecule has 5 nitrogen and oxygen atoms in total. The molecule has 7 heteroatoms. The van der Waals surface area contributed by atoms with Crippen LogP contribution in [0.3, 0.4) is 0 Å². The molecule has 0 radical (unpaired) electrons. The van der Waals surface area contributed by atoms with Crippen molar-refractivity contribution in [2.75, 3.05) is 14.2 Å². The molecule has 0 atom stereocenters. The van der Waals surface area contributed by atoms with E-state index in [0.717, 1.165) is 12.1 Å². The summed E-state index contributed by atoms with van der Waals surface area (Å²) >= 11 is 0. The number of methoxy groups -OCH3 is 2. The molecule has 0 spiro atoms. The third kappa shape index (κ3) is 2.97. The summed E-state index contributed by atoms with van der Waals surface area (Å²) in [7, 11) is 2.93. The Hall–Kier alpha value is -3.06. The first kappa shape index (κ1) is 17.8. The molecule has 3 aromatic rings. The van der Waals surface area contributed by atoms with Gasteiger partial charge in [-0.15, -0.1) is 0 Å². The highest BCUT2D eigenvalue weighted by Gasteiger charge is 2.23. The van der Waals surface area contributed by atoms with Gasteiger partial charge in [0.1, 0.15) is 17.3 Å². The maximum absolute atomic E-state index is 14.1. The molecule has 1 heterocycles. The Kier molecular flexibility index (Phi) is 4.81. The van der Waals surface area contributed by atoms with Crippen molar-refractivity contribution >= 4 is 16.6 Å². The topological polar surface area (TPSA) is 74.4 Å².